The molecule has 0 radical (unpaired) electrons. The van der Waals surface area contributed by atoms with Gasteiger partial charge in [0.1, 0.15) is 0 Å². The molecule has 1 aliphatic rings. The number of hydrogen-bond donors (Lipinski definition) is 0. The van der Waals surface area contributed by atoms with Crippen LogP contribution in [-0.4, -0.2) is 0 Å². The summed E-state index contributed by atoms with van der Waals surface area (Å²) in [7, 11) is -1.23. The Hall–Kier alpha value is -1.17. The van der Waals surface area contributed by atoms with Gasteiger partial charge in [0.25, 0.3) is 0 Å². The lowest BCUT2D eigenvalue weighted by Gasteiger charge is -2.18. The van der Waals surface area contributed by atoms with Crippen LogP contribution in [0.5, 0.6) is 0 Å². The number of hydrogen-bond acceptors (Lipinski definition) is 0. The van der Waals surface area contributed by atoms with Gasteiger partial charge >= 0.3 is 0 Å². The van der Waals surface area contributed by atoms with Crippen LogP contribution in [0.2, 0.25) is 0 Å². The van der Waals surface area contributed by atoms with Crippen LogP contribution in [0, 0.1) is 0 Å². The molecule has 1 aliphatic heterocycles. The first-order valence-corrected chi connectivity index (χ1v) is 9.80. The van der Waals surface area contributed by atoms with Gasteiger partial charge in [0.05, 0.1) is 31.2 Å². The van der Waals surface area contributed by atoms with E-state index in [0.717, 1.165) is 0 Å². The van der Waals surface area contributed by atoms with E-state index in [9.17, 15) is 0 Å². The molecular weight excluding hydrogens is 351 g/mol. The third-order valence-corrected chi connectivity index (χ3v) is 7.87. The van der Waals surface area contributed by atoms with Gasteiger partial charge in [0.2, 0.25) is 0 Å². The van der Waals surface area contributed by atoms with E-state index >= 15 is 0 Å². The van der Waals surface area contributed by atoms with Gasteiger partial charge in [0, 0.05) is 0 Å². The fourth-order valence-corrected chi connectivity index (χ4v) is 7.38. The highest BCUT2D eigenvalue weighted by Crippen LogP contribution is 2.71. The van der Waals surface area contributed by atoms with E-state index in [-0.39, 0.29) is 17.0 Å². The molecule has 0 saturated carbocycles. The van der Waals surface area contributed by atoms with Crippen molar-refractivity contribution in [2.45, 2.75) is 26.2 Å². The van der Waals surface area contributed by atoms with Crippen molar-refractivity contribution in [3.63, 3.8) is 0 Å². The average Bonchev–Trinajstić information content (AvgIpc) is 2.75. The molecule has 0 spiro atoms. The summed E-state index contributed by atoms with van der Waals surface area (Å²) in [5, 5.41) is 0. The Bertz CT molecular complexity index is 610. The maximum atomic E-state index is 2.57. The zero-order valence-corrected chi connectivity index (χ0v) is 15.6. The SMILES string of the molecule is CC1=C[P+](Cc2ccccc2)(Cc2ccccc2)C=C1C.[Br-]. The molecule has 0 bridgehead atoms. The van der Waals surface area contributed by atoms with Gasteiger partial charge in [-0.15, -0.1) is 0 Å². The van der Waals surface area contributed by atoms with Crippen molar-refractivity contribution in [1.29, 1.82) is 0 Å². The summed E-state index contributed by atoms with van der Waals surface area (Å²) < 4.78 is 0. The van der Waals surface area contributed by atoms with Gasteiger partial charge in [-0.1, -0.05) is 60.7 Å². The normalized spacial score (nSPS) is 15.7. The molecule has 2 heteroatoms. The van der Waals surface area contributed by atoms with E-state index in [2.05, 4.69) is 86.1 Å². The third kappa shape index (κ3) is 3.97. The Morgan fingerprint density at radius 3 is 1.36 bits per heavy atom. The van der Waals surface area contributed by atoms with E-state index < -0.39 is 7.26 Å². The molecule has 0 N–H and O–H groups in total. The van der Waals surface area contributed by atoms with Crippen molar-refractivity contribution in [3.05, 3.63) is 94.6 Å². The highest BCUT2D eigenvalue weighted by atomic mass is 79.9. The minimum atomic E-state index is -1.23. The zero-order valence-electron chi connectivity index (χ0n) is 13.2. The summed E-state index contributed by atoms with van der Waals surface area (Å²) in [5.41, 5.74) is 5.85. The van der Waals surface area contributed by atoms with Crippen LogP contribution in [0.1, 0.15) is 25.0 Å². The number of rotatable bonds is 4. The van der Waals surface area contributed by atoms with E-state index in [1.807, 2.05) is 0 Å². The van der Waals surface area contributed by atoms with Gasteiger partial charge in [0.15, 0.2) is 0 Å². The zero-order chi connectivity index (χ0) is 14.7. The molecule has 0 unspecified atom stereocenters. The molecule has 3 rings (SSSR count). The maximum Gasteiger partial charge on any atom is 0.0929 e. The Balaban J connectivity index is 0.00000176. The molecule has 0 nitrogen and oxygen atoms in total. The summed E-state index contributed by atoms with van der Waals surface area (Å²) >= 11 is 0. The van der Waals surface area contributed by atoms with Crippen LogP contribution in [0.3, 0.4) is 0 Å². The van der Waals surface area contributed by atoms with Crippen LogP contribution < -0.4 is 17.0 Å². The lowest BCUT2D eigenvalue weighted by Crippen LogP contribution is -3.00. The number of allylic oxidation sites excluding steroid dienone is 2. The highest BCUT2D eigenvalue weighted by molar-refractivity contribution is 7.80. The molecule has 0 fully saturated rings. The molecule has 22 heavy (non-hydrogen) atoms. The first-order chi connectivity index (χ1) is 10.2. The summed E-state index contributed by atoms with van der Waals surface area (Å²) in [5.74, 6) is 5.14. The second kappa shape index (κ2) is 7.40. The van der Waals surface area contributed by atoms with Gasteiger partial charge in [-0.05, 0) is 36.1 Å². The van der Waals surface area contributed by atoms with Crippen LogP contribution in [-0.2, 0) is 12.3 Å². The predicted molar refractivity (Wildman–Crippen MR) is 94.7 cm³/mol. The van der Waals surface area contributed by atoms with E-state index in [0.29, 0.717) is 0 Å². The standard InChI is InChI=1S/C20H22P.BrH/c1-17-13-21(14-18(17)2,15-19-9-5-3-6-10-19)16-20-11-7-4-8-12-20;/h3-14H,15-16H2,1-2H3;1H/q+1;/p-1. The Morgan fingerprint density at radius 1 is 0.636 bits per heavy atom. The van der Waals surface area contributed by atoms with Crippen molar-refractivity contribution in [2.75, 3.05) is 0 Å². The van der Waals surface area contributed by atoms with E-state index in [1.54, 1.807) is 0 Å². The van der Waals surface area contributed by atoms with Gasteiger partial charge in [-0.3, -0.25) is 0 Å². The van der Waals surface area contributed by atoms with Crippen molar-refractivity contribution in [3.8, 4) is 0 Å². The van der Waals surface area contributed by atoms with Crippen LogP contribution in [0.25, 0.3) is 0 Å². The fraction of sp³-hybridized carbons (Fsp3) is 0.200. The molecule has 114 valence electrons. The second-order valence-electron chi connectivity index (χ2n) is 6.01. The molecule has 2 aromatic carbocycles. The molecule has 0 amide bonds. The predicted octanol–water partition coefficient (Wildman–Crippen LogP) is 3.23. The first kappa shape index (κ1) is 17.2. The quantitative estimate of drug-likeness (QED) is 0.722. The molecule has 0 aromatic heterocycles. The minimum absolute atomic E-state index is 0. The van der Waals surface area contributed by atoms with Gasteiger partial charge < -0.3 is 17.0 Å². The molecule has 2 aromatic rings. The fourth-order valence-electron chi connectivity index (χ4n) is 3.10. The third-order valence-electron chi connectivity index (χ3n) is 4.16. The molecule has 0 aliphatic carbocycles. The second-order valence-corrected chi connectivity index (χ2v) is 9.37. The Kier molecular flexibility index (Phi) is 5.78. The summed E-state index contributed by atoms with van der Waals surface area (Å²) in [6, 6.07) is 21.8. The van der Waals surface area contributed by atoms with Crippen molar-refractivity contribution < 1.29 is 17.0 Å². The molecule has 1 heterocycles. The number of benzene rings is 2. The summed E-state index contributed by atoms with van der Waals surface area (Å²) in [6.07, 6.45) is 2.36. The Labute approximate surface area is 145 Å². The average molecular weight is 373 g/mol. The highest BCUT2D eigenvalue weighted by Gasteiger charge is 2.38. The van der Waals surface area contributed by atoms with Gasteiger partial charge in [-0.25, -0.2) is 0 Å². The summed E-state index contributed by atoms with van der Waals surface area (Å²) in [6.45, 7) is 4.51. The van der Waals surface area contributed by atoms with Gasteiger partial charge in [-0.2, -0.15) is 0 Å². The minimum Gasteiger partial charge on any atom is -1.00 e. The van der Waals surface area contributed by atoms with Crippen LogP contribution >= 0.6 is 7.26 Å². The van der Waals surface area contributed by atoms with Crippen molar-refractivity contribution >= 4 is 7.26 Å². The van der Waals surface area contributed by atoms with E-state index in [1.165, 1.54) is 34.6 Å². The molecule has 0 atom stereocenters. The van der Waals surface area contributed by atoms with Crippen molar-refractivity contribution in [1.82, 2.24) is 0 Å². The molecule has 0 saturated heterocycles. The van der Waals surface area contributed by atoms with Crippen LogP contribution in [0.4, 0.5) is 0 Å². The van der Waals surface area contributed by atoms with Crippen molar-refractivity contribution in [2.24, 2.45) is 0 Å². The molecular formula is C20H22BrP. The van der Waals surface area contributed by atoms with Crippen LogP contribution in [0.15, 0.2) is 83.4 Å². The lowest BCUT2D eigenvalue weighted by molar-refractivity contribution is -0.00000445. The number of halogens is 1. The lowest BCUT2D eigenvalue weighted by atomic mass is 10.2. The Morgan fingerprint density at radius 2 is 1.00 bits per heavy atom. The largest absolute Gasteiger partial charge is 1.00 e. The summed E-state index contributed by atoms with van der Waals surface area (Å²) in [4.78, 5) is 0. The first-order valence-electron chi connectivity index (χ1n) is 7.50. The smallest absolute Gasteiger partial charge is 0.0929 e. The monoisotopic (exact) mass is 372 g/mol. The van der Waals surface area contributed by atoms with E-state index in [4.69, 9.17) is 0 Å². The maximum absolute atomic E-state index is 2.57. The topological polar surface area (TPSA) is 0 Å².